The smallest absolute Gasteiger partial charge is 0.255 e. The SMILES string of the molecule is Cn1c(-c2ccccc2)c([C@H]2c3ccccc3C(=O)N2CC(=O)N2CCC(C(N)=O)CC2)c2ccccc21. The molecule has 7 nitrogen and oxygen atoms in total. The number of hydrogen-bond donors (Lipinski definition) is 1. The van der Waals surface area contributed by atoms with Crippen LogP contribution in [0.2, 0.25) is 0 Å². The summed E-state index contributed by atoms with van der Waals surface area (Å²) in [6.07, 6.45) is 1.11. The summed E-state index contributed by atoms with van der Waals surface area (Å²) in [6.45, 7) is 0.905. The lowest BCUT2D eigenvalue weighted by Crippen LogP contribution is -2.46. The van der Waals surface area contributed by atoms with E-state index >= 15 is 0 Å². The fraction of sp³-hybridized carbons (Fsp3) is 0.258. The molecule has 3 heterocycles. The second-order valence-corrected chi connectivity index (χ2v) is 10.2. The quantitative estimate of drug-likeness (QED) is 0.442. The molecule has 0 radical (unpaired) electrons. The molecule has 1 aromatic heterocycles. The second-order valence-electron chi connectivity index (χ2n) is 10.2. The molecular formula is C31H30N4O3. The maximum atomic E-state index is 13.8. The van der Waals surface area contributed by atoms with E-state index in [0.717, 1.165) is 33.3 Å². The number of aryl methyl sites for hydroxylation is 1. The molecule has 38 heavy (non-hydrogen) atoms. The van der Waals surface area contributed by atoms with Crippen molar-refractivity contribution in [2.24, 2.45) is 18.7 Å². The van der Waals surface area contributed by atoms with Crippen LogP contribution in [0.1, 0.15) is 40.4 Å². The molecule has 0 bridgehead atoms. The van der Waals surface area contributed by atoms with Crippen molar-refractivity contribution in [1.82, 2.24) is 14.4 Å². The number of primary amides is 1. The highest BCUT2D eigenvalue weighted by atomic mass is 16.2. The van der Waals surface area contributed by atoms with Gasteiger partial charge in [-0.05, 0) is 36.1 Å². The molecule has 0 aliphatic carbocycles. The minimum absolute atomic E-state index is 0.0309. The third-order valence-corrected chi connectivity index (χ3v) is 8.08. The number of amides is 3. The van der Waals surface area contributed by atoms with Crippen molar-refractivity contribution in [2.45, 2.75) is 18.9 Å². The van der Waals surface area contributed by atoms with Gasteiger partial charge in [-0.15, -0.1) is 0 Å². The van der Waals surface area contributed by atoms with E-state index in [9.17, 15) is 14.4 Å². The number of hydrogen-bond acceptors (Lipinski definition) is 3. The second kappa shape index (κ2) is 9.49. The highest BCUT2D eigenvalue weighted by molar-refractivity contribution is 6.03. The number of aromatic nitrogens is 1. The number of carbonyl (C=O) groups is 3. The Balaban J connectivity index is 1.45. The van der Waals surface area contributed by atoms with Crippen LogP contribution in [0, 0.1) is 5.92 Å². The average Bonchev–Trinajstić information content (AvgIpc) is 3.39. The number of likely N-dealkylation sites (tertiary alicyclic amines) is 1. The fourth-order valence-electron chi connectivity index (χ4n) is 6.15. The van der Waals surface area contributed by atoms with Crippen molar-refractivity contribution in [3.63, 3.8) is 0 Å². The van der Waals surface area contributed by atoms with Gasteiger partial charge >= 0.3 is 0 Å². The summed E-state index contributed by atoms with van der Waals surface area (Å²) in [5, 5.41) is 1.06. The maximum absolute atomic E-state index is 13.8. The molecule has 2 N–H and O–H groups in total. The molecule has 0 spiro atoms. The third-order valence-electron chi connectivity index (χ3n) is 8.08. The van der Waals surface area contributed by atoms with Crippen molar-refractivity contribution in [1.29, 1.82) is 0 Å². The zero-order valence-corrected chi connectivity index (χ0v) is 21.3. The Morgan fingerprint density at radius 1 is 0.895 bits per heavy atom. The first kappa shape index (κ1) is 24.0. The topological polar surface area (TPSA) is 88.6 Å². The van der Waals surface area contributed by atoms with Gasteiger partial charge in [-0.2, -0.15) is 0 Å². The van der Waals surface area contributed by atoms with E-state index in [1.165, 1.54) is 0 Å². The van der Waals surface area contributed by atoms with E-state index in [2.05, 4.69) is 35.9 Å². The maximum Gasteiger partial charge on any atom is 0.255 e. The normalized spacial score (nSPS) is 17.7. The lowest BCUT2D eigenvalue weighted by atomic mass is 9.93. The Morgan fingerprint density at radius 3 is 2.29 bits per heavy atom. The summed E-state index contributed by atoms with van der Waals surface area (Å²) in [5.74, 6) is -0.765. The van der Waals surface area contributed by atoms with Gasteiger partial charge in [0.05, 0.1) is 11.7 Å². The van der Waals surface area contributed by atoms with Crippen molar-refractivity contribution in [2.75, 3.05) is 19.6 Å². The fourth-order valence-corrected chi connectivity index (χ4v) is 6.15. The third kappa shape index (κ3) is 3.86. The summed E-state index contributed by atoms with van der Waals surface area (Å²) >= 11 is 0. The molecule has 2 aliphatic rings. The first-order valence-electron chi connectivity index (χ1n) is 13.1. The predicted molar refractivity (Wildman–Crippen MR) is 146 cm³/mol. The van der Waals surface area contributed by atoms with E-state index in [-0.39, 0.29) is 30.2 Å². The minimum Gasteiger partial charge on any atom is -0.369 e. The van der Waals surface area contributed by atoms with E-state index in [0.29, 0.717) is 31.5 Å². The van der Waals surface area contributed by atoms with E-state index in [1.54, 1.807) is 9.80 Å². The predicted octanol–water partition coefficient (Wildman–Crippen LogP) is 4.11. The van der Waals surface area contributed by atoms with Gasteiger partial charge in [-0.25, -0.2) is 0 Å². The first-order valence-corrected chi connectivity index (χ1v) is 13.1. The van der Waals surface area contributed by atoms with Crippen LogP contribution in [0.5, 0.6) is 0 Å². The van der Waals surface area contributed by atoms with Gasteiger partial charge in [0.25, 0.3) is 5.91 Å². The number of fused-ring (bicyclic) bond motifs is 2. The van der Waals surface area contributed by atoms with Gasteiger partial charge in [-0.1, -0.05) is 66.7 Å². The number of rotatable bonds is 5. The van der Waals surface area contributed by atoms with Gasteiger partial charge in [-0.3, -0.25) is 14.4 Å². The van der Waals surface area contributed by atoms with Crippen LogP contribution in [0.15, 0.2) is 78.9 Å². The van der Waals surface area contributed by atoms with Crippen LogP contribution < -0.4 is 5.73 Å². The van der Waals surface area contributed by atoms with Crippen LogP contribution in [0.4, 0.5) is 0 Å². The van der Waals surface area contributed by atoms with E-state index in [1.807, 2.05) is 54.6 Å². The summed E-state index contributed by atoms with van der Waals surface area (Å²) in [7, 11) is 2.05. The van der Waals surface area contributed by atoms with Crippen LogP contribution in [0.25, 0.3) is 22.2 Å². The molecule has 3 amide bonds. The Kier molecular flexibility index (Phi) is 5.98. The molecule has 0 saturated carbocycles. The van der Waals surface area contributed by atoms with E-state index < -0.39 is 6.04 Å². The number of nitrogens with zero attached hydrogens (tertiary/aromatic N) is 3. The zero-order valence-electron chi connectivity index (χ0n) is 21.3. The lowest BCUT2D eigenvalue weighted by Gasteiger charge is -2.33. The van der Waals surface area contributed by atoms with Crippen LogP contribution >= 0.6 is 0 Å². The van der Waals surface area contributed by atoms with Crippen molar-refractivity contribution < 1.29 is 14.4 Å². The molecule has 1 saturated heterocycles. The largest absolute Gasteiger partial charge is 0.369 e. The Bertz CT molecular complexity index is 1550. The molecule has 0 unspecified atom stereocenters. The highest BCUT2D eigenvalue weighted by Crippen LogP contribution is 2.46. The number of para-hydroxylation sites is 1. The standard InChI is InChI=1S/C31H30N4O3/c1-33-25-14-8-7-13-24(25)27(28(33)20-9-3-2-4-10-20)29-22-11-5-6-12-23(22)31(38)35(29)19-26(36)34-17-15-21(16-18-34)30(32)37/h2-14,21,29H,15-19H2,1H3,(H2,32,37)/t29-/m1/s1. The Morgan fingerprint density at radius 2 is 1.55 bits per heavy atom. The molecule has 192 valence electrons. The van der Waals surface area contributed by atoms with Gasteiger partial charge < -0.3 is 20.1 Å². The molecule has 6 rings (SSSR count). The van der Waals surface area contributed by atoms with Crippen LogP contribution in [-0.2, 0) is 16.6 Å². The number of piperidine rings is 1. The monoisotopic (exact) mass is 506 g/mol. The molecule has 7 heteroatoms. The van der Waals surface area contributed by atoms with Crippen molar-refractivity contribution >= 4 is 28.6 Å². The first-order chi connectivity index (χ1) is 18.5. The van der Waals surface area contributed by atoms with Gasteiger partial charge in [0.1, 0.15) is 6.54 Å². The lowest BCUT2D eigenvalue weighted by molar-refractivity contribution is -0.135. The van der Waals surface area contributed by atoms with Crippen LogP contribution in [-0.4, -0.2) is 51.7 Å². The number of benzene rings is 3. The summed E-state index contributed by atoms with van der Waals surface area (Å²) in [4.78, 5) is 42.4. The number of nitrogens with two attached hydrogens (primary N) is 1. The number of carbonyl (C=O) groups excluding carboxylic acids is 3. The van der Waals surface area contributed by atoms with Gasteiger partial charge in [0.15, 0.2) is 0 Å². The minimum atomic E-state index is -0.410. The van der Waals surface area contributed by atoms with E-state index in [4.69, 9.17) is 5.73 Å². The van der Waals surface area contributed by atoms with Crippen LogP contribution in [0.3, 0.4) is 0 Å². The molecule has 1 atom stereocenters. The highest BCUT2D eigenvalue weighted by Gasteiger charge is 2.42. The Hall–Kier alpha value is -4.39. The van der Waals surface area contributed by atoms with Gasteiger partial charge in [0.2, 0.25) is 11.8 Å². The summed E-state index contributed by atoms with van der Waals surface area (Å²) in [5.41, 5.74) is 11.2. The molecule has 3 aromatic carbocycles. The summed E-state index contributed by atoms with van der Waals surface area (Å²) < 4.78 is 2.18. The molecule has 4 aromatic rings. The van der Waals surface area contributed by atoms with Gasteiger partial charge in [0, 0.05) is 48.1 Å². The summed E-state index contributed by atoms with van der Waals surface area (Å²) in [6, 6.07) is 25.7. The van der Waals surface area contributed by atoms with Crippen molar-refractivity contribution in [3.8, 4) is 11.3 Å². The molecule has 1 fully saturated rings. The Labute approximate surface area is 221 Å². The molecular weight excluding hydrogens is 476 g/mol. The zero-order chi connectivity index (χ0) is 26.4. The molecule has 2 aliphatic heterocycles. The average molecular weight is 507 g/mol. The van der Waals surface area contributed by atoms with Crippen molar-refractivity contribution in [3.05, 3.63) is 95.6 Å².